The first-order valence-corrected chi connectivity index (χ1v) is 6.04. The molecule has 100 valence electrons. The normalized spacial score (nSPS) is 12.2. The van der Waals surface area contributed by atoms with Gasteiger partial charge in [0.15, 0.2) is 6.10 Å². The number of furan rings is 1. The zero-order chi connectivity index (χ0) is 14.0. The molecule has 0 aliphatic rings. The van der Waals surface area contributed by atoms with Crippen LogP contribution in [-0.4, -0.2) is 11.1 Å². The number of rotatable bonds is 4. The summed E-state index contributed by atoms with van der Waals surface area (Å²) in [4.78, 5) is 10.8. The highest BCUT2D eigenvalue weighted by Crippen LogP contribution is 2.26. The molecule has 1 aromatic heterocycles. The van der Waals surface area contributed by atoms with Gasteiger partial charge >= 0.3 is 5.97 Å². The van der Waals surface area contributed by atoms with Gasteiger partial charge in [-0.15, -0.1) is 0 Å². The Kier molecular flexibility index (Phi) is 3.60. The number of aromatic carboxylic acids is 1. The number of carbonyl (C=O) groups is 1. The van der Waals surface area contributed by atoms with Gasteiger partial charge in [-0.1, -0.05) is 17.7 Å². The van der Waals surface area contributed by atoms with Gasteiger partial charge in [0, 0.05) is 0 Å². The lowest BCUT2D eigenvalue weighted by Crippen LogP contribution is -2.03. The molecule has 0 radical (unpaired) electrons. The van der Waals surface area contributed by atoms with Crippen molar-refractivity contribution in [2.45, 2.75) is 26.9 Å². The fraction of sp³-hybridized carbons (Fsp3) is 0.267. The van der Waals surface area contributed by atoms with Crippen molar-refractivity contribution in [2.75, 3.05) is 0 Å². The topological polar surface area (TPSA) is 59.7 Å². The third-order valence-corrected chi connectivity index (χ3v) is 2.87. The Hall–Kier alpha value is -2.23. The maximum Gasteiger partial charge on any atom is 0.371 e. The molecule has 4 nitrogen and oxygen atoms in total. The van der Waals surface area contributed by atoms with Crippen LogP contribution in [0.3, 0.4) is 0 Å². The van der Waals surface area contributed by atoms with Crippen molar-refractivity contribution in [2.24, 2.45) is 0 Å². The van der Waals surface area contributed by atoms with E-state index >= 15 is 0 Å². The zero-order valence-electron chi connectivity index (χ0n) is 11.1. The SMILES string of the molecule is Cc1ccc(OC(C)c2ccc(C(=O)O)o2)c(C)c1. The second kappa shape index (κ2) is 5.18. The first kappa shape index (κ1) is 13.2. The summed E-state index contributed by atoms with van der Waals surface area (Å²) in [7, 11) is 0. The van der Waals surface area contributed by atoms with Crippen molar-refractivity contribution >= 4 is 5.97 Å². The summed E-state index contributed by atoms with van der Waals surface area (Å²) in [6.07, 6.45) is -0.338. The van der Waals surface area contributed by atoms with Gasteiger partial charge in [-0.3, -0.25) is 0 Å². The van der Waals surface area contributed by atoms with E-state index < -0.39 is 5.97 Å². The van der Waals surface area contributed by atoms with E-state index in [1.807, 2.05) is 39.0 Å². The molecule has 0 saturated heterocycles. The molecule has 1 atom stereocenters. The van der Waals surface area contributed by atoms with Crippen LogP contribution in [0.2, 0.25) is 0 Å². The van der Waals surface area contributed by atoms with Crippen LogP contribution in [0.15, 0.2) is 34.7 Å². The molecule has 0 amide bonds. The Morgan fingerprint density at radius 2 is 2.00 bits per heavy atom. The van der Waals surface area contributed by atoms with E-state index in [4.69, 9.17) is 14.3 Å². The number of hydrogen-bond acceptors (Lipinski definition) is 3. The van der Waals surface area contributed by atoms with Crippen molar-refractivity contribution in [3.63, 3.8) is 0 Å². The first-order chi connectivity index (χ1) is 8.97. The van der Waals surface area contributed by atoms with E-state index in [9.17, 15) is 4.79 Å². The van der Waals surface area contributed by atoms with Crippen LogP contribution in [0.5, 0.6) is 5.75 Å². The van der Waals surface area contributed by atoms with Crippen molar-refractivity contribution in [1.82, 2.24) is 0 Å². The maximum atomic E-state index is 10.8. The van der Waals surface area contributed by atoms with E-state index in [0.29, 0.717) is 5.76 Å². The number of carboxylic acids is 1. The fourth-order valence-electron chi connectivity index (χ4n) is 1.87. The van der Waals surface area contributed by atoms with Gasteiger partial charge in [-0.05, 0) is 44.5 Å². The highest BCUT2D eigenvalue weighted by molar-refractivity contribution is 5.84. The van der Waals surface area contributed by atoms with E-state index in [1.54, 1.807) is 6.07 Å². The van der Waals surface area contributed by atoms with Crippen LogP contribution >= 0.6 is 0 Å². The van der Waals surface area contributed by atoms with Crippen LogP contribution < -0.4 is 4.74 Å². The van der Waals surface area contributed by atoms with E-state index in [0.717, 1.165) is 11.3 Å². The van der Waals surface area contributed by atoms with Crippen molar-refractivity contribution in [1.29, 1.82) is 0 Å². The molecule has 1 N–H and O–H groups in total. The minimum absolute atomic E-state index is 0.0777. The summed E-state index contributed by atoms with van der Waals surface area (Å²) < 4.78 is 11.0. The molecular weight excluding hydrogens is 244 g/mol. The lowest BCUT2D eigenvalue weighted by Gasteiger charge is -2.14. The second-order valence-electron chi connectivity index (χ2n) is 4.54. The lowest BCUT2D eigenvalue weighted by atomic mass is 10.1. The summed E-state index contributed by atoms with van der Waals surface area (Å²) in [5.74, 6) is 0.111. The third-order valence-electron chi connectivity index (χ3n) is 2.87. The molecule has 0 bridgehead atoms. The fourth-order valence-corrected chi connectivity index (χ4v) is 1.87. The second-order valence-corrected chi connectivity index (χ2v) is 4.54. The first-order valence-electron chi connectivity index (χ1n) is 6.04. The maximum absolute atomic E-state index is 10.8. The molecule has 19 heavy (non-hydrogen) atoms. The average Bonchev–Trinajstić information content (AvgIpc) is 2.82. The number of ether oxygens (including phenoxy) is 1. The average molecular weight is 260 g/mol. The third kappa shape index (κ3) is 2.96. The zero-order valence-corrected chi connectivity index (χ0v) is 11.1. The monoisotopic (exact) mass is 260 g/mol. The van der Waals surface area contributed by atoms with Crippen molar-refractivity contribution in [3.05, 3.63) is 53.0 Å². The Morgan fingerprint density at radius 1 is 1.26 bits per heavy atom. The molecule has 1 aromatic carbocycles. The Bertz CT molecular complexity index is 598. The molecule has 0 fully saturated rings. The smallest absolute Gasteiger partial charge is 0.371 e. The summed E-state index contributed by atoms with van der Waals surface area (Å²) >= 11 is 0. The molecule has 2 aromatic rings. The van der Waals surface area contributed by atoms with Gasteiger partial charge in [0.05, 0.1) is 0 Å². The van der Waals surface area contributed by atoms with Crippen molar-refractivity contribution in [3.8, 4) is 5.75 Å². The van der Waals surface area contributed by atoms with Crippen LogP contribution in [0.1, 0.15) is 40.5 Å². The molecular formula is C15H16O4. The van der Waals surface area contributed by atoms with Gasteiger partial charge in [0.2, 0.25) is 5.76 Å². The summed E-state index contributed by atoms with van der Waals surface area (Å²) in [6, 6.07) is 8.96. The summed E-state index contributed by atoms with van der Waals surface area (Å²) in [5, 5.41) is 8.81. The molecule has 0 saturated carbocycles. The summed E-state index contributed by atoms with van der Waals surface area (Å²) in [5.41, 5.74) is 2.21. The standard InChI is InChI=1S/C15H16O4/c1-9-4-5-12(10(2)8-9)18-11(3)13-6-7-14(19-13)15(16)17/h4-8,11H,1-3H3,(H,16,17). The summed E-state index contributed by atoms with van der Waals surface area (Å²) in [6.45, 7) is 5.81. The van der Waals surface area contributed by atoms with Gasteiger partial charge in [-0.25, -0.2) is 4.79 Å². The van der Waals surface area contributed by atoms with Crippen LogP contribution in [-0.2, 0) is 0 Å². The molecule has 4 heteroatoms. The quantitative estimate of drug-likeness (QED) is 0.909. The van der Waals surface area contributed by atoms with Gasteiger partial charge in [0.1, 0.15) is 11.5 Å². The van der Waals surface area contributed by atoms with Gasteiger partial charge < -0.3 is 14.3 Å². The number of aryl methyl sites for hydroxylation is 2. The predicted molar refractivity (Wildman–Crippen MR) is 70.6 cm³/mol. The van der Waals surface area contributed by atoms with Gasteiger partial charge in [-0.2, -0.15) is 0 Å². The Morgan fingerprint density at radius 3 is 2.58 bits per heavy atom. The molecule has 0 aliphatic carbocycles. The molecule has 2 rings (SSSR count). The largest absolute Gasteiger partial charge is 0.483 e. The Balaban J connectivity index is 2.15. The molecule has 0 spiro atoms. The van der Waals surface area contributed by atoms with Crippen molar-refractivity contribution < 1.29 is 19.1 Å². The minimum atomic E-state index is -1.08. The predicted octanol–water partition coefficient (Wildman–Crippen LogP) is 3.73. The highest BCUT2D eigenvalue weighted by Gasteiger charge is 2.16. The van der Waals surface area contributed by atoms with Crippen LogP contribution in [0, 0.1) is 13.8 Å². The van der Waals surface area contributed by atoms with Crippen LogP contribution in [0.25, 0.3) is 0 Å². The Labute approximate surface area is 111 Å². The number of benzene rings is 1. The number of carboxylic acid groups (broad SMARTS) is 1. The lowest BCUT2D eigenvalue weighted by molar-refractivity contribution is 0.0655. The van der Waals surface area contributed by atoms with E-state index in [-0.39, 0.29) is 11.9 Å². The highest BCUT2D eigenvalue weighted by atomic mass is 16.5. The number of hydrogen-bond donors (Lipinski definition) is 1. The van der Waals surface area contributed by atoms with Crippen LogP contribution in [0.4, 0.5) is 0 Å². The van der Waals surface area contributed by atoms with Gasteiger partial charge in [0.25, 0.3) is 0 Å². The van der Waals surface area contributed by atoms with E-state index in [1.165, 1.54) is 11.6 Å². The molecule has 1 unspecified atom stereocenters. The molecule has 0 aliphatic heterocycles. The molecule has 1 heterocycles. The van der Waals surface area contributed by atoms with E-state index in [2.05, 4.69) is 0 Å². The minimum Gasteiger partial charge on any atom is -0.483 e.